The predicted octanol–water partition coefficient (Wildman–Crippen LogP) is 5.46. The highest BCUT2D eigenvalue weighted by atomic mass is 32.2. The van der Waals surface area contributed by atoms with Gasteiger partial charge in [0.05, 0.1) is 5.25 Å². The van der Waals surface area contributed by atoms with Crippen LogP contribution < -0.4 is 5.32 Å². The Morgan fingerprint density at radius 2 is 1.70 bits per heavy atom. The van der Waals surface area contributed by atoms with Crippen molar-refractivity contribution < 1.29 is 4.79 Å². The largest absolute Gasteiger partial charge is 0.325 e. The standard InChI is InChI=1S/C24H30N4OS/c1-7-17-8-14-20(15-9-17)25-22(29)16(2)30-23-27-26-21(28(23)6)18-10-12-19(13-11-18)24(3,4)5/h8-16H,7H2,1-6H3,(H,25,29)/t16-/m0/s1. The minimum atomic E-state index is -0.296. The summed E-state index contributed by atoms with van der Waals surface area (Å²) in [5.74, 6) is 0.740. The molecule has 0 saturated carbocycles. The van der Waals surface area contributed by atoms with Crippen molar-refractivity contribution in [1.29, 1.82) is 0 Å². The lowest BCUT2D eigenvalue weighted by Crippen LogP contribution is -2.22. The Morgan fingerprint density at radius 3 is 2.27 bits per heavy atom. The van der Waals surface area contributed by atoms with Gasteiger partial charge in [-0.2, -0.15) is 0 Å². The van der Waals surface area contributed by atoms with Crippen molar-refractivity contribution in [3.63, 3.8) is 0 Å². The normalized spacial score (nSPS) is 12.6. The molecule has 0 unspecified atom stereocenters. The highest BCUT2D eigenvalue weighted by Crippen LogP contribution is 2.28. The Hall–Kier alpha value is -2.60. The molecule has 0 radical (unpaired) electrons. The topological polar surface area (TPSA) is 59.8 Å². The number of anilines is 1. The van der Waals surface area contributed by atoms with Crippen LogP contribution in [0.25, 0.3) is 11.4 Å². The number of aryl methyl sites for hydroxylation is 1. The molecule has 0 aliphatic carbocycles. The summed E-state index contributed by atoms with van der Waals surface area (Å²) in [6, 6.07) is 16.4. The first-order valence-corrected chi connectivity index (χ1v) is 11.1. The van der Waals surface area contributed by atoms with Crippen molar-refractivity contribution in [2.75, 3.05) is 5.32 Å². The lowest BCUT2D eigenvalue weighted by atomic mass is 9.87. The molecule has 0 fully saturated rings. The number of rotatable bonds is 6. The van der Waals surface area contributed by atoms with E-state index in [0.717, 1.165) is 23.5 Å². The van der Waals surface area contributed by atoms with Gasteiger partial charge in [-0.25, -0.2) is 0 Å². The number of carbonyl (C=O) groups excluding carboxylic acids is 1. The fraction of sp³-hybridized carbons (Fsp3) is 0.375. The van der Waals surface area contributed by atoms with E-state index >= 15 is 0 Å². The van der Waals surface area contributed by atoms with Crippen LogP contribution in [0.4, 0.5) is 5.69 Å². The van der Waals surface area contributed by atoms with E-state index in [1.165, 1.54) is 22.9 Å². The predicted molar refractivity (Wildman–Crippen MR) is 125 cm³/mol. The van der Waals surface area contributed by atoms with E-state index in [0.29, 0.717) is 5.16 Å². The summed E-state index contributed by atoms with van der Waals surface area (Å²) in [4.78, 5) is 12.6. The Bertz CT molecular complexity index is 1000. The molecule has 2 aromatic carbocycles. The lowest BCUT2D eigenvalue weighted by Gasteiger charge is -2.19. The molecule has 158 valence electrons. The minimum absolute atomic E-state index is 0.0525. The molecule has 0 aliphatic heterocycles. The molecule has 0 bridgehead atoms. The summed E-state index contributed by atoms with van der Waals surface area (Å²) in [6.45, 7) is 10.6. The first-order valence-electron chi connectivity index (χ1n) is 10.3. The first-order chi connectivity index (χ1) is 14.2. The van der Waals surface area contributed by atoms with Crippen molar-refractivity contribution in [2.24, 2.45) is 7.05 Å². The van der Waals surface area contributed by atoms with E-state index in [1.807, 2.05) is 42.8 Å². The minimum Gasteiger partial charge on any atom is -0.325 e. The lowest BCUT2D eigenvalue weighted by molar-refractivity contribution is -0.115. The van der Waals surface area contributed by atoms with Crippen LogP contribution in [-0.4, -0.2) is 25.9 Å². The first kappa shape index (κ1) is 22.1. The Balaban J connectivity index is 1.68. The van der Waals surface area contributed by atoms with Gasteiger partial charge in [0.25, 0.3) is 0 Å². The number of carbonyl (C=O) groups is 1. The molecule has 0 saturated heterocycles. The Kier molecular flexibility index (Phi) is 6.66. The Morgan fingerprint density at radius 1 is 1.07 bits per heavy atom. The van der Waals surface area contributed by atoms with Crippen molar-refractivity contribution in [1.82, 2.24) is 14.8 Å². The van der Waals surface area contributed by atoms with Gasteiger partial charge < -0.3 is 9.88 Å². The van der Waals surface area contributed by atoms with Crippen LogP contribution in [0.1, 0.15) is 45.7 Å². The maximum atomic E-state index is 12.6. The molecule has 1 atom stereocenters. The second-order valence-corrected chi connectivity index (χ2v) is 9.80. The molecule has 1 aromatic heterocycles. The second kappa shape index (κ2) is 9.04. The van der Waals surface area contributed by atoms with Gasteiger partial charge in [0, 0.05) is 18.3 Å². The van der Waals surface area contributed by atoms with Gasteiger partial charge >= 0.3 is 0 Å². The third-order valence-corrected chi connectivity index (χ3v) is 6.26. The van der Waals surface area contributed by atoms with E-state index in [9.17, 15) is 4.79 Å². The number of hydrogen-bond acceptors (Lipinski definition) is 4. The van der Waals surface area contributed by atoms with Gasteiger partial charge in [0.1, 0.15) is 0 Å². The summed E-state index contributed by atoms with van der Waals surface area (Å²) >= 11 is 1.41. The van der Waals surface area contributed by atoms with Crippen LogP contribution in [0.15, 0.2) is 53.7 Å². The summed E-state index contributed by atoms with van der Waals surface area (Å²) < 4.78 is 1.94. The molecule has 5 nitrogen and oxygen atoms in total. The van der Waals surface area contributed by atoms with E-state index in [4.69, 9.17) is 0 Å². The molecule has 1 heterocycles. The number of amides is 1. The van der Waals surface area contributed by atoms with Crippen molar-refractivity contribution in [3.8, 4) is 11.4 Å². The van der Waals surface area contributed by atoms with Crippen LogP contribution in [0.3, 0.4) is 0 Å². The second-order valence-electron chi connectivity index (χ2n) is 8.49. The highest BCUT2D eigenvalue weighted by molar-refractivity contribution is 8.00. The molecule has 1 amide bonds. The van der Waals surface area contributed by atoms with Crippen molar-refractivity contribution in [3.05, 3.63) is 59.7 Å². The zero-order valence-corrected chi connectivity index (χ0v) is 19.4. The van der Waals surface area contributed by atoms with Crippen molar-refractivity contribution >= 4 is 23.4 Å². The number of hydrogen-bond donors (Lipinski definition) is 1. The number of thioether (sulfide) groups is 1. The van der Waals surface area contributed by atoms with Crippen LogP contribution in [0.2, 0.25) is 0 Å². The number of aromatic nitrogens is 3. The number of nitrogens with one attached hydrogen (secondary N) is 1. The van der Waals surface area contributed by atoms with Crippen LogP contribution in [-0.2, 0) is 23.7 Å². The highest BCUT2D eigenvalue weighted by Gasteiger charge is 2.20. The van der Waals surface area contributed by atoms with E-state index in [1.54, 1.807) is 0 Å². The summed E-state index contributed by atoms with van der Waals surface area (Å²) in [6.07, 6.45) is 0.980. The quantitative estimate of drug-likeness (QED) is 0.536. The fourth-order valence-corrected chi connectivity index (χ4v) is 3.88. The van der Waals surface area contributed by atoms with Crippen LogP contribution in [0, 0.1) is 0 Å². The molecule has 6 heteroatoms. The van der Waals surface area contributed by atoms with Gasteiger partial charge in [-0.1, -0.05) is 75.9 Å². The molecule has 1 N–H and O–H groups in total. The fourth-order valence-electron chi connectivity index (χ4n) is 3.07. The Labute approximate surface area is 183 Å². The average molecular weight is 423 g/mol. The number of benzene rings is 2. The third-order valence-electron chi connectivity index (χ3n) is 5.13. The van der Waals surface area contributed by atoms with Gasteiger partial charge in [-0.15, -0.1) is 10.2 Å². The molecule has 30 heavy (non-hydrogen) atoms. The molecule has 3 aromatic rings. The van der Waals surface area contributed by atoms with E-state index in [2.05, 4.69) is 67.5 Å². The van der Waals surface area contributed by atoms with Gasteiger partial charge in [-0.3, -0.25) is 4.79 Å². The maximum Gasteiger partial charge on any atom is 0.237 e. The molecule has 0 spiro atoms. The van der Waals surface area contributed by atoms with Crippen molar-refractivity contribution in [2.45, 2.75) is 56.9 Å². The smallest absolute Gasteiger partial charge is 0.237 e. The van der Waals surface area contributed by atoms with Gasteiger partial charge in [0.15, 0.2) is 11.0 Å². The maximum absolute atomic E-state index is 12.6. The summed E-state index contributed by atoms with van der Waals surface area (Å²) in [5.41, 5.74) is 4.46. The molecular weight excluding hydrogens is 392 g/mol. The SMILES string of the molecule is CCc1ccc(NC(=O)[C@H](C)Sc2nnc(-c3ccc(C(C)(C)C)cc3)n2C)cc1. The zero-order valence-electron chi connectivity index (χ0n) is 18.6. The average Bonchev–Trinajstić information content (AvgIpc) is 3.08. The molecular formula is C24H30N4OS. The molecule has 0 aliphatic rings. The van der Waals surface area contributed by atoms with Gasteiger partial charge in [0.2, 0.25) is 5.91 Å². The van der Waals surface area contributed by atoms with Crippen LogP contribution in [0.5, 0.6) is 0 Å². The molecule has 3 rings (SSSR count). The summed E-state index contributed by atoms with van der Waals surface area (Å²) in [7, 11) is 1.93. The van der Waals surface area contributed by atoms with E-state index < -0.39 is 0 Å². The van der Waals surface area contributed by atoms with Crippen LogP contribution >= 0.6 is 11.8 Å². The van der Waals surface area contributed by atoms with Gasteiger partial charge in [-0.05, 0) is 42.0 Å². The van der Waals surface area contributed by atoms with E-state index in [-0.39, 0.29) is 16.6 Å². The number of nitrogens with zero attached hydrogens (tertiary/aromatic N) is 3. The summed E-state index contributed by atoms with van der Waals surface area (Å²) in [5, 5.41) is 12.1. The third kappa shape index (κ3) is 5.11. The zero-order chi connectivity index (χ0) is 21.9. The monoisotopic (exact) mass is 422 g/mol.